The lowest BCUT2D eigenvalue weighted by Crippen LogP contribution is -2.45. The first-order valence-corrected chi connectivity index (χ1v) is 4.48. The number of nitrogens with one attached hydrogen (secondary N) is 1. The molecule has 2 rings (SSSR count). The van der Waals surface area contributed by atoms with Gasteiger partial charge >= 0.3 is 0 Å². The summed E-state index contributed by atoms with van der Waals surface area (Å²) in [6.45, 7) is 2.28. The maximum absolute atomic E-state index is 8.64. The Kier molecular flexibility index (Phi) is 2.27. The molecule has 0 amide bonds. The molecule has 0 saturated carbocycles. The third-order valence-corrected chi connectivity index (χ3v) is 2.29. The topological polar surface area (TPSA) is 92.7 Å². The van der Waals surface area contributed by atoms with Crippen molar-refractivity contribution in [3.63, 3.8) is 0 Å². The number of amidine groups is 1. The van der Waals surface area contributed by atoms with E-state index >= 15 is 0 Å². The van der Waals surface area contributed by atoms with Crippen LogP contribution in [0, 0.1) is 11.3 Å². The number of hydrogen-bond donors (Lipinski definition) is 2. The Labute approximate surface area is 81.7 Å². The molecule has 0 aromatic heterocycles. The number of fused-ring (bicyclic) bond motifs is 1. The summed E-state index contributed by atoms with van der Waals surface area (Å²) in [6, 6.07) is 2.01. The number of nitriles is 1. The van der Waals surface area contributed by atoms with Crippen LogP contribution in [-0.4, -0.2) is 37.0 Å². The molecule has 0 spiro atoms. The van der Waals surface area contributed by atoms with E-state index in [1.165, 1.54) is 0 Å². The fourth-order valence-electron chi connectivity index (χ4n) is 1.64. The van der Waals surface area contributed by atoms with Gasteiger partial charge in [0.2, 0.25) is 0 Å². The van der Waals surface area contributed by atoms with E-state index in [0.29, 0.717) is 6.61 Å². The predicted molar refractivity (Wildman–Crippen MR) is 48.2 cm³/mol. The van der Waals surface area contributed by atoms with Crippen molar-refractivity contribution < 1.29 is 9.47 Å². The van der Waals surface area contributed by atoms with Gasteiger partial charge in [0.05, 0.1) is 24.8 Å². The van der Waals surface area contributed by atoms with Crippen LogP contribution < -0.4 is 11.1 Å². The Hall–Kier alpha value is -1.32. The third kappa shape index (κ3) is 1.52. The molecule has 6 heteroatoms. The normalized spacial score (nSPS) is 36.9. The summed E-state index contributed by atoms with van der Waals surface area (Å²) in [4.78, 5) is 3.96. The van der Waals surface area contributed by atoms with Crippen LogP contribution in [0.1, 0.15) is 6.92 Å². The van der Waals surface area contributed by atoms with E-state index in [2.05, 4.69) is 16.4 Å². The quantitative estimate of drug-likeness (QED) is 0.586. The maximum Gasteiger partial charge on any atom is 0.285 e. The van der Waals surface area contributed by atoms with Crippen molar-refractivity contribution in [2.45, 2.75) is 31.3 Å². The lowest BCUT2D eigenvalue weighted by atomic mass is 10.1. The molecule has 14 heavy (non-hydrogen) atoms. The van der Waals surface area contributed by atoms with Gasteiger partial charge in [-0.1, -0.05) is 0 Å². The van der Waals surface area contributed by atoms with E-state index in [0.717, 1.165) is 0 Å². The smallest absolute Gasteiger partial charge is 0.285 e. The Bertz CT molecular complexity index is 298. The number of rotatable bonds is 2. The molecule has 1 saturated heterocycles. The number of ether oxygens (including phenoxy) is 2. The van der Waals surface area contributed by atoms with Crippen molar-refractivity contribution >= 4 is 6.02 Å². The Morgan fingerprint density at radius 2 is 2.57 bits per heavy atom. The van der Waals surface area contributed by atoms with Gasteiger partial charge < -0.3 is 15.2 Å². The van der Waals surface area contributed by atoms with Crippen LogP contribution in [0.5, 0.6) is 0 Å². The zero-order valence-corrected chi connectivity index (χ0v) is 7.80. The summed E-state index contributed by atoms with van der Waals surface area (Å²) in [5.41, 5.74) is 5.41. The SMILES string of the molecule is CC(C#N)NC1COC2N=C(N)OC12. The van der Waals surface area contributed by atoms with E-state index in [1.807, 2.05) is 0 Å². The molecule has 0 aromatic carbocycles. The van der Waals surface area contributed by atoms with Crippen molar-refractivity contribution in [2.24, 2.45) is 10.7 Å². The third-order valence-electron chi connectivity index (χ3n) is 2.29. The van der Waals surface area contributed by atoms with Crippen LogP contribution in [0.4, 0.5) is 0 Å². The minimum Gasteiger partial charge on any atom is -0.455 e. The molecule has 3 N–H and O–H groups in total. The van der Waals surface area contributed by atoms with Crippen molar-refractivity contribution in [3.8, 4) is 6.07 Å². The lowest BCUT2D eigenvalue weighted by molar-refractivity contribution is 0.0794. The van der Waals surface area contributed by atoms with E-state index in [-0.39, 0.29) is 30.4 Å². The Morgan fingerprint density at radius 3 is 3.29 bits per heavy atom. The van der Waals surface area contributed by atoms with Gasteiger partial charge in [0.25, 0.3) is 6.02 Å². The molecule has 0 aromatic rings. The first-order valence-electron chi connectivity index (χ1n) is 4.48. The Morgan fingerprint density at radius 1 is 1.79 bits per heavy atom. The molecule has 2 heterocycles. The minimum absolute atomic E-state index is 0.0144. The summed E-state index contributed by atoms with van der Waals surface area (Å²) >= 11 is 0. The number of aliphatic imine (C=N–C) groups is 1. The second-order valence-electron chi connectivity index (χ2n) is 3.40. The average Bonchev–Trinajstić information content (AvgIpc) is 2.67. The predicted octanol–water partition coefficient (Wildman–Crippen LogP) is -1.07. The molecular weight excluding hydrogens is 184 g/mol. The molecular formula is C8H12N4O2. The van der Waals surface area contributed by atoms with Crippen molar-refractivity contribution in [3.05, 3.63) is 0 Å². The van der Waals surface area contributed by atoms with Gasteiger partial charge in [0, 0.05) is 0 Å². The van der Waals surface area contributed by atoms with Crippen LogP contribution >= 0.6 is 0 Å². The molecule has 0 radical (unpaired) electrons. The van der Waals surface area contributed by atoms with Crippen LogP contribution in [0.25, 0.3) is 0 Å². The summed E-state index contributed by atoms with van der Waals surface area (Å²) in [7, 11) is 0. The van der Waals surface area contributed by atoms with Gasteiger partial charge in [-0.15, -0.1) is 0 Å². The standard InChI is InChI=1S/C8H12N4O2/c1-4(2-9)11-5-3-13-7-6(5)14-8(10)12-7/h4-7,11H,3H2,1H3,(H2,10,12). The van der Waals surface area contributed by atoms with Crippen molar-refractivity contribution in [1.82, 2.24) is 5.32 Å². The van der Waals surface area contributed by atoms with Crippen LogP contribution in [-0.2, 0) is 9.47 Å². The van der Waals surface area contributed by atoms with Crippen molar-refractivity contribution in [1.29, 1.82) is 5.26 Å². The maximum atomic E-state index is 8.64. The first kappa shape index (κ1) is 9.24. The van der Waals surface area contributed by atoms with Crippen molar-refractivity contribution in [2.75, 3.05) is 6.61 Å². The summed E-state index contributed by atoms with van der Waals surface area (Å²) in [6.07, 6.45) is -0.496. The van der Waals surface area contributed by atoms with E-state index in [1.54, 1.807) is 6.92 Å². The van der Waals surface area contributed by atoms with Crippen LogP contribution in [0.3, 0.4) is 0 Å². The Balaban J connectivity index is 1.95. The van der Waals surface area contributed by atoms with E-state index in [9.17, 15) is 0 Å². The molecule has 1 fully saturated rings. The monoisotopic (exact) mass is 196 g/mol. The number of hydrogen-bond acceptors (Lipinski definition) is 6. The zero-order valence-electron chi connectivity index (χ0n) is 7.80. The van der Waals surface area contributed by atoms with E-state index in [4.69, 9.17) is 20.5 Å². The fraction of sp³-hybridized carbons (Fsp3) is 0.750. The fourth-order valence-corrected chi connectivity index (χ4v) is 1.64. The van der Waals surface area contributed by atoms with Crippen LogP contribution in [0.15, 0.2) is 4.99 Å². The highest BCUT2D eigenvalue weighted by Gasteiger charge is 2.43. The molecule has 0 aliphatic carbocycles. The summed E-state index contributed by atoms with van der Waals surface area (Å²) in [5.74, 6) is 0. The molecule has 6 nitrogen and oxygen atoms in total. The molecule has 2 aliphatic heterocycles. The number of nitrogens with two attached hydrogens (primary N) is 1. The first-order chi connectivity index (χ1) is 6.70. The summed E-state index contributed by atoms with van der Waals surface area (Å²) in [5, 5.41) is 11.7. The second kappa shape index (κ2) is 3.44. The highest BCUT2D eigenvalue weighted by atomic mass is 16.6. The van der Waals surface area contributed by atoms with Gasteiger partial charge in [0.15, 0.2) is 12.3 Å². The van der Waals surface area contributed by atoms with Gasteiger partial charge in [-0.25, -0.2) is 0 Å². The zero-order chi connectivity index (χ0) is 10.1. The second-order valence-corrected chi connectivity index (χ2v) is 3.40. The highest BCUT2D eigenvalue weighted by Crippen LogP contribution is 2.23. The molecule has 0 bridgehead atoms. The van der Waals surface area contributed by atoms with Gasteiger partial charge in [-0.05, 0) is 6.92 Å². The van der Waals surface area contributed by atoms with Gasteiger partial charge in [0.1, 0.15) is 0 Å². The minimum atomic E-state index is -0.307. The van der Waals surface area contributed by atoms with E-state index < -0.39 is 0 Å². The largest absolute Gasteiger partial charge is 0.455 e. The molecule has 76 valence electrons. The lowest BCUT2D eigenvalue weighted by Gasteiger charge is -2.18. The van der Waals surface area contributed by atoms with Crippen LogP contribution in [0.2, 0.25) is 0 Å². The molecule has 4 unspecified atom stereocenters. The van der Waals surface area contributed by atoms with Gasteiger partial charge in [-0.2, -0.15) is 10.3 Å². The summed E-state index contributed by atoms with van der Waals surface area (Å²) < 4.78 is 10.6. The average molecular weight is 196 g/mol. The molecule has 4 atom stereocenters. The van der Waals surface area contributed by atoms with Gasteiger partial charge in [-0.3, -0.25) is 5.32 Å². The molecule has 2 aliphatic rings. The number of nitrogens with zero attached hydrogens (tertiary/aromatic N) is 2. The highest BCUT2D eigenvalue weighted by molar-refractivity contribution is 5.73.